The van der Waals surface area contributed by atoms with E-state index in [0.717, 1.165) is 47.3 Å². The molecule has 2 aromatic carbocycles. The van der Waals surface area contributed by atoms with Gasteiger partial charge < -0.3 is 5.32 Å². The van der Waals surface area contributed by atoms with Crippen molar-refractivity contribution < 1.29 is 8.78 Å². The molecule has 0 aromatic heterocycles. The molecule has 1 heterocycles. The second kappa shape index (κ2) is 6.66. The van der Waals surface area contributed by atoms with Gasteiger partial charge in [0.1, 0.15) is 11.6 Å². The third-order valence-corrected chi connectivity index (χ3v) is 4.04. The van der Waals surface area contributed by atoms with E-state index in [1.165, 1.54) is 18.2 Å². The lowest BCUT2D eigenvalue weighted by Gasteiger charge is -2.08. The van der Waals surface area contributed by atoms with E-state index in [-0.39, 0.29) is 11.6 Å². The second-order valence-electron chi connectivity index (χ2n) is 5.65. The van der Waals surface area contributed by atoms with Crippen LogP contribution < -0.4 is 5.32 Å². The Morgan fingerprint density at radius 3 is 2.43 bits per heavy atom. The molecule has 0 fully saturated rings. The third kappa shape index (κ3) is 3.60. The predicted molar refractivity (Wildman–Crippen MR) is 88.6 cm³/mol. The second-order valence-corrected chi connectivity index (χ2v) is 5.65. The highest BCUT2D eigenvalue weighted by Crippen LogP contribution is 2.27. The number of aryl methyl sites for hydroxylation is 2. The molecule has 0 saturated carbocycles. The summed E-state index contributed by atoms with van der Waals surface area (Å²) in [6.45, 7) is 0.788. The van der Waals surface area contributed by atoms with Crippen LogP contribution in [0.15, 0.2) is 48.2 Å². The average molecular weight is 309 g/mol. The van der Waals surface area contributed by atoms with E-state index in [4.69, 9.17) is 6.42 Å². The Bertz CT molecular complexity index is 782. The van der Waals surface area contributed by atoms with E-state index in [1.54, 1.807) is 18.2 Å². The van der Waals surface area contributed by atoms with Crippen LogP contribution in [0.5, 0.6) is 0 Å². The summed E-state index contributed by atoms with van der Waals surface area (Å²) in [6.07, 6.45) is 7.73. The highest BCUT2D eigenvalue weighted by molar-refractivity contribution is 5.74. The Morgan fingerprint density at radius 1 is 0.957 bits per heavy atom. The standard InChI is InChI=1S/C20H17F2N/c1-2-20-19(9-10-23-20)16-11-15(12-18(22)13-16)4-3-14-5-7-17(21)8-6-14/h1,5-8,11-13,23H,3-4,9-10H2. The van der Waals surface area contributed by atoms with Gasteiger partial charge in [-0.3, -0.25) is 0 Å². The van der Waals surface area contributed by atoms with Gasteiger partial charge in [0.25, 0.3) is 0 Å². The van der Waals surface area contributed by atoms with Crippen LogP contribution in [-0.4, -0.2) is 6.54 Å². The largest absolute Gasteiger partial charge is 0.378 e. The number of allylic oxidation sites excluding steroid dienone is 1. The van der Waals surface area contributed by atoms with Crippen LogP contribution in [0, 0.1) is 24.0 Å². The van der Waals surface area contributed by atoms with Crippen molar-refractivity contribution >= 4 is 5.57 Å². The first-order chi connectivity index (χ1) is 11.2. The minimum Gasteiger partial charge on any atom is -0.378 e. The van der Waals surface area contributed by atoms with E-state index in [2.05, 4.69) is 11.2 Å². The molecule has 0 aliphatic carbocycles. The van der Waals surface area contributed by atoms with Gasteiger partial charge in [0.15, 0.2) is 0 Å². The Labute approximate surface area is 135 Å². The molecule has 1 aliphatic rings. The summed E-state index contributed by atoms with van der Waals surface area (Å²) in [6, 6.07) is 11.5. The molecule has 0 radical (unpaired) electrons. The van der Waals surface area contributed by atoms with Gasteiger partial charge in [0, 0.05) is 6.54 Å². The van der Waals surface area contributed by atoms with E-state index >= 15 is 0 Å². The fourth-order valence-electron chi connectivity index (χ4n) is 2.88. The zero-order valence-electron chi connectivity index (χ0n) is 12.7. The molecule has 0 spiro atoms. The number of benzene rings is 2. The maximum Gasteiger partial charge on any atom is 0.124 e. The Hall–Kier alpha value is -2.60. The summed E-state index contributed by atoms with van der Waals surface area (Å²) in [7, 11) is 0. The van der Waals surface area contributed by atoms with Crippen LogP contribution in [-0.2, 0) is 12.8 Å². The zero-order chi connectivity index (χ0) is 16.2. The molecule has 0 amide bonds. The van der Waals surface area contributed by atoms with Gasteiger partial charge in [0.2, 0.25) is 0 Å². The molecule has 2 aromatic rings. The van der Waals surface area contributed by atoms with Crippen LogP contribution in [0.4, 0.5) is 8.78 Å². The van der Waals surface area contributed by atoms with Gasteiger partial charge in [-0.2, -0.15) is 0 Å². The third-order valence-electron chi connectivity index (χ3n) is 4.04. The van der Waals surface area contributed by atoms with Crippen LogP contribution in [0.1, 0.15) is 23.1 Å². The molecule has 1 nitrogen and oxygen atoms in total. The lowest BCUT2D eigenvalue weighted by atomic mass is 9.97. The number of nitrogens with one attached hydrogen (secondary N) is 1. The van der Waals surface area contributed by atoms with E-state index in [0.29, 0.717) is 6.42 Å². The summed E-state index contributed by atoms with van der Waals surface area (Å²) in [5.41, 5.74) is 4.54. The van der Waals surface area contributed by atoms with Gasteiger partial charge in [0.05, 0.1) is 5.70 Å². The monoisotopic (exact) mass is 309 g/mol. The normalized spacial score (nSPS) is 13.8. The first kappa shape index (κ1) is 15.3. The SMILES string of the molecule is C#CC1=C(c2cc(F)cc(CCc3ccc(F)cc3)c2)CCN1. The van der Waals surface area contributed by atoms with Gasteiger partial charge in [-0.05, 0) is 65.8 Å². The van der Waals surface area contributed by atoms with Crippen molar-refractivity contribution in [3.05, 3.63) is 76.5 Å². The highest BCUT2D eigenvalue weighted by Gasteiger charge is 2.15. The minimum atomic E-state index is -0.257. The number of terminal acetylenes is 1. The van der Waals surface area contributed by atoms with Crippen LogP contribution in [0.3, 0.4) is 0 Å². The fourth-order valence-corrected chi connectivity index (χ4v) is 2.88. The summed E-state index contributed by atoms with van der Waals surface area (Å²) in [5, 5.41) is 3.14. The quantitative estimate of drug-likeness (QED) is 0.839. The lowest BCUT2D eigenvalue weighted by Crippen LogP contribution is -2.04. The molecule has 116 valence electrons. The molecule has 1 N–H and O–H groups in total. The molecule has 23 heavy (non-hydrogen) atoms. The number of hydrogen-bond acceptors (Lipinski definition) is 1. The van der Waals surface area contributed by atoms with Gasteiger partial charge in [-0.1, -0.05) is 24.1 Å². The maximum atomic E-state index is 13.9. The highest BCUT2D eigenvalue weighted by atomic mass is 19.1. The summed E-state index contributed by atoms with van der Waals surface area (Å²) < 4.78 is 26.9. The minimum absolute atomic E-state index is 0.246. The Balaban J connectivity index is 1.81. The molecular weight excluding hydrogens is 292 g/mol. The van der Waals surface area contributed by atoms with Gasteiger partial charge >= 0.3 is 0 Å². The molecule has 1 aliphatic heterocycles. The van der Waals surface area contributed by atoms with Crippen molar-refractivity contribution in [2.24, 2.45) is 0 Å². The molecule has 3 heteroatoms. The summed E-state index contributed by atoms with van der Waals surface area (Å²) >= 11 is 0. The van der Waals surface area contributed by atoms with Crippen molar-refractivity contribution in [1.82, 2.24) is 5.32 Å². The number of hydrogen-bond donors (Lipinski definition) is 1. The van der Waals surface area contributed by atoms with E-state index < -0.39 is 0 Å². The zero-order valence-corrected chi connectivity index (χ0v) is 12.7. The average Bonchev–Trinajstić information content (AvgIpc) is 3.02. The van der Waals surface area contributed by atoms with Crippen LogP contribution in [0.25, 0.3) is 5.57 Å². The Morgan fingerprint density at radius 2 is 1.70 bits per heavy atom. The first-order valence-corrected chi connectivity index (χ1v) is 7.63. The maximum absolute atomic E-state index is 13.9. The van der Waals surface area contributed by atoms with E-state index in [9.17, 15) is 8.78 Å². The van der Waals surface area contributed by atoms with Gasteiger partial charge in [-0.15, -0.1) is 6.42 Å². The van der Waals surface area contributed by atoms with Crippen molar-refractivity contribution in [1.29, 1.82) is 0 Å². The molecule has 3 rings (SSSR count). The van der Waals surface area contributed by atoms with Crippen LogP contribution in [0.2, 0.25) is 0 Å². The molecule has 0 bridgehead atoms. The summed E-state index contributed by atoms with van der Waals surface area (Å²) in [5.74, 6) is 2.12. The predicted octanol–water partition coefficient (Wildman–Crippen LogP) is 4.09. The topological polar surface area (TPSA) is 12.0 Å². The van der Waals surface area contributed by atoms with E-state index in [1.807, 2.05) is 6.07 Å². The van der Waals surface area contributed by atoms with Crippen molar-refractivity contribution in [2.45, 2.75) is 19.3 Å². The molecule has 0 unspecified atom stereocenters. The number of halogens is 2. The molecule has 0 atom stereocenters. The van der Waals surface area contributed by atoms with Crippen molar-refractivity contribution in [2.75, 3.05) is 6.54 Å². The fraction of sp³-hybridized carbons (Fsp3) is 0.200. The first-order valence-electron chi connectivity index (χ1n) is 7.63. The Kier molecular flexibility index (Phi) is 4.43. The van der Waals surface area contributed by atoms with Crippen molar-refractivity contribution in [3.8, 4) is 12.3 Å². The van der Waals surface area contributed by atoms with Gasteiger partial charge in [-0.25, -0.2) is 8.78 Å². The lowest BCUT2D eigenvalue weighted by molar-refractivity contribution is 0.624. The molecular formula is C20H17F2N. The van der Waals surface area contributed by atoms with Crippen molar-refractivity contribution in [3.63, 3.8) is 0 Å². The molecule has 0 saturated heterocycles. The van der Waals surface area contributed by atoms with Crippen LogP contribution >= 0.6 is 0 Å². The number of rotatable bonds is 4. The summed E-state index contributed by atoms with van der Waals surface area (Å²) in [4.78, 5) is 0. The smallest absolute Gasteiger partial charge is 0.124 e.